The lowest BCUT2D eigenvalue weighted by atomic mass is 10.0. The lowest BCUT2D eigenvalue weighted by molar-refractivity contribution is -0.136. The summed E-state index contributed by atoms with van der Waals surface area (Å²) < 4.78 is 71.5. The van der Waals surface area contributed by atoms with E-state index in [1.165, 1.54) is 0 Å². The SMILES string of the molecule is OC(CCCCCCCC(F)(F)F)CCCCCCCC(F)(F)F. The third-order valence-corrected chi connectivity index (χ3v) is 4.00. The Morgan fingerprint density at radius 2 is 0.792 bits per heavy atom. The van der Waals surface area contributed by atoms with Gasteiger partial charge in [0.05, 0.1) is 6.10 Å². The molecule has 0 aliphatic carbocycles. The van der Waals surface area contributed by atoms with E-state index in [4.69, 9.17) is 0 Å². The van der Waals surface area contributed by atoms with Crippen molar-refractivity contribution < 1.29 is 31.4 Å². The first kappa shape index (κ1) is 23.5. The molecule has 0 aromatic heterocycles. The van der Waals surface area contributed by atoms with Gasteiger partial charge in [0.15, 0.2) is 0 Å². The minimum atomic E-state index is -4.07. The molecule has 0 aliphatic heterocycles. The van der Waals surface area contributed by atoms with Crippen molar-refractivity contribution in [1.29, 1.82) is 0 Å². The zero-order valence-corrected chi connectivity index (χ0v) is 14.2. The van der Waals surface area contributed by atoms with Gasteiger partial charge in [0.25, 0.3) is 0 Å². The highest BCUT2D eigenvalue weighted by molar-refractivity contribution is 4.58. The monoisotopic (exact) mass is 364 g/mol. The summed E-state index contributed by atoms with van der Waals surface area (Å²) in [6.45, 7) is 0. The smallest absolute Gasteiger partial charge is 0.389 e. The molecule has 24 heavy (non-hydrogen) atoms. The van der Waals surface area contributed by atoms with Crippen LogP contribution in [0.3, 0.4) is 0 Å². The van der Waals surface area contributed by atoms with Crippen LogP contribution in [0.15, 0.2) is 0 Å². The fourth-order valence-corrected chi connectivity index (χ4v) is 2.62. The van der Waals surface area contributed by atoms with E-state index in [9.17, 15) is 31.4 Å². The standard InChI is InChI=1S/C17H30F6O/c18-16(19,20)13-9-5-1-3-7-11-15(24)12-8-4-2-6-10-14-17(21,22)23/h15,24H,1-14H2. The number of hydrogen-bond acceptors (Lipinski definition) is 1. The number of aliphatic hydroxyl groups is 1. The molecule has 0 atom stereocenters. The molecular formula is C17H30F6O. The average molecular weight is 364 g/mol. The number of unbranched alkanes of at least 4 members (excludes halogenated alkanes) is 8. The van der Waals surface area contributed by atoms with Gasteiger partial charge in [0.2, 0.25) is 0 Å². The van der Waals surface area contributed by atoms with Crippen LogP contribution in [0.2, 0.25) is 0 Å². The van der Waals surface area contributed by atoms with Crippen LogP contribution in [0.1, 0.15) is 89.9 Å². The zero-order chi connectivity index (χ0) is 18.5. The van der Waals surface area contributed by atoms with Crippen LogP contribution in [0.4, 0.5) is 26.3 Å². The van der Waals surface area contributed by atoms with Crippen molar-refractivity contribution in [3.63, 3.8) is 0 Å². The third-order valence-electron chi connectivity index (χ3n) is 4.00. The van der Waals surface area contributed by atoms with Crippen molar-refractivity contribution in [2.24, 2.45) is 0 Å². The highest BCUT2D eigenvalue weighted by Gasteiger charge is 2.26. The van der Waals surface area contributed by atoms with Crippen molar-refractivity contribution in [3.05, 3.63) is 0 Å². The van der Waals surface area contributed by atoms with E-state index in [-0.39, 0.29) is 12.8 Å². The lowest BCUT2D eigenvalue weighted by Crippen LogP contribution is -2.07. The third kappa shape index (κ3) is 19.6. The number of hydrogen-bond donors (Lipinski definition) is 1. The molecule has 0 aromatic carbocycles. The summed E-state index contributed by atoms with van der Waals surface area (Å²) in [5.74, 6) is 0. The Kier molecular flexibility index (Phi) is 12.6. The summed E-state index contributed by atoms with van der Waals surface area (Å²) in [6.07, 6.45) is -2.47. The fraction of sp³-hybridized carbons (Fsp3) is 1.00. The van der Waals surface area contributed by atoms with Gasteiger partial charge in [-0.15, -0.1) is 0 Å². The van der Waals surface area contributed by atoms with Gasteiger partial charge in [-0.1, -0.05) is 51.4 Å². The molecule has 1 nitrogen and oxygen atoms in total. The molecule has 7 heteroatoms. The van der Waals surface area contributed by atoms with Gasteiger partial charge < -0.3 is 5.11 Å². The molecular weight excluding hydrogens is 334 g/mol. The molecule has 1 N–H and O–H groups in total. The number of rotatable bonds is 14. The largest absolute Gasteiger partial charge is 0.393 e. The van der Waals surface area contributed by atoms with Crippen LogP contribution >= 0.6 is 0 Å². The van der Waals surface area contributed by atoms with Gasteiger partial charge in [-0.25, -0.2) is 0 Å². The van der Waals surface area contributed by atoms with E-state index in [1.54, 1.807) is 0 Å². The Morgan fingerprint density at radius 3 is 1.12 bits per heavy atom. The fourth-order valence-electron chi connectivity index (χ4n) is 2.62. The van der Waals surface area contributed by atoms with Gasteiger partial charge >= 0.3 is 12.4 Å². The first-order valence-electron chi connectivity index (χ1n) is 8.92. The highest BCUT2D eigenvalue weighted by atomic mass is 19.4. The molecule has 0 heterocycles. The second kappa shape index (κ2) is 12.8. The van der Waals surface area contributed by atoms with E-state index in [2.05, 4.69) is 0 Å². The zero-order valence-electron chi connectivity index (χ0n) is 14.2. The molecule has 0 radical (unpaired) electrons. The normalized spacial score (nSPS) is 13.0. The molecule has 0 aromatic rings. The number of aliphatic hydroxyl groups excluding tert-OH is 1. The van der Waals surface area contributed by atoms with Crippen LogP contribution in [-0.4, -0.2) is 23.6 Å². The maximum atomic E-state index is 11.9. The van der Waals surface area contributed by atoms with Crippen LogP contribution in [-0.2, 0) is 0 Å². The predicted octanol–water partition coefficient (Wildman–Crippen LogP) is 6.93. The van der Waals surface area contributed by atoms with Crippen LogP contribution in [0, 0.1) is 0 Å². The number of halogens is 6. The van der Waals surface area contributed by atoms with Gasteiger partial charge in [0.1, 0.15) is 0 Å². The van der Waals surface area contributed by atoms with Gasteiger partial charge in [-0.3, -0.25) is 0 Å². The first-order valence-corrected chi connectivity index (χ1v) is 8.92. The second-order valence-electron chi connectivity index (χ2n) is 6.50. The Bertz CT molecular complexity index is 260. The van der Waals surface area contributed by atoms with Gasteiger partial charge in [-0.05, 0) is 25.7 Å². The predicted molar refractivity (Wildman–Crippen MR) is 82.8 cm³/mol. The summed E-state index contributed by atoms with van der Waals surface area (Å²) >= 11 is 0. The van der Waals surface area contributed by atoms with E-state index < -0.39 is 31.3 Å². The minimum Gasteiger partial charge on any atom is -0.393 e. The van der Waals surface area contributed by atoms with Crippen LogP contribution < -0.4 is 0 Å². The Morgan fingerprint density at radius 1 is 0.500 bits per heavy atom. The van der Waals surface area contributed by atoms with Crippen LogP contribution in [0.25, 0.3) is 0 Å². The molecule has 0 saturated carbocycles. The van der Waals surface area contributed by atoms with E-state index in [1.807, 2.05) is 0 Å². The molecule has 0 amide bonds. The molecule has 0 fully saturated rings. The van der Waals surface area contributed by atoms with Crippen molar-refractivity contribution >= 4 is 0 Å². The summed E-state index contributed by atoms with van der Waals surface area (Å²) in [5.41, 5.74) is 0. The molecule has 146 valence electrons. The lowest BCUT2D eigenvalue weighted by Gasteiger charge is -2.10. The quantitative estimate of drug-likeness (QED) is 0.262. The first-order chi connectivity index (χ1) is 11.1. The molecule has 0 rings (SSSR count). The second-order valence-corrected chi connectivity index (χ2v) is 6.50. The summed E-state index contributed by atoms with van der Waals surface area (Å²) in [6, 6.07) is 0. The summed E-state index contributed by atoms with van der Waals surface area (Å²) in [4.78, 5) is 0. The molecule has 0 bridgehead atoms. The van der Waals surface area contributed by atoms with Crippen molar-refractivity contribution in [3.8, 4) is 0 Å². The Hall–Kier alpha value is -0.460. The Balaban J connectivity index is 3.28. The minimum absolute atomic E-state index is 0.167. The van der Waals surface area contributed by atoms with E-state index in [0.29, 0.717) is 25.7 Å². The van der Waals surface area contributed by atoms with Gasteiger partial charge in [-0.2, -0.15) is 26.3 Å². The molecule has 0 unspecified atom stereocenters. The topological polar surface area (TPSA) is 20.2 Å². The maximum absolute atomic E-state index is 11.9. The average Bonchev–Trinajstić information content (AvgIpc) is 2.43. The molecule has 0 aliphatic rings. The maximum Gasteiger partial charge on any atom is 0.389 e. The number of alkyl halides is 6. The van der Waals surface area contributed by atoms with Gasteiger partial charge in [0, 0.05) is 12.8 Å². The van der Waals surface area contributed by atoms with Crippen molar-refractivity contribution in [2.75, 3.05) is 0 Å². The summed E-state index contributed by atoms with van der Waals surface area (Å²) in [7, 11) is 0. The Labute approximate surface area is 140 Å². The summed E-state index contributed by atoms with van der Waals surface area (Å²) in [5, 5.41) is 9.77. The van der Waals surface area contributed by atoms with Crippen molar-refractivity contribution in [1.82, 2.24) is 0 Å². The molecule has 0 saturated heterocycles. The van der Waals surface area contributed by atoms with Crippen LogP contribution in [0.5, 0.6) is 0 Å². The molecule has 0 spiro atoms. The van der Waals surface area contributed by atoms with E-state index >= 15 is 0 Å². The highest BCUT2D eigenvalue weighted by Crippen LogP contribution is 2.24. The van der Waals surface area contributed by atoms with Crippen molar-refractivity contribution in [2.45, 2.75) is 108 Å². The van der Waals surface area contributed by atoms with E-state index in [0.717, 1.165) is 38.5 Å².